The molecule has 1 rings (SSSR count). The molecule has 2 N–H and O–H groups in total. The maximum atomic E-state index is 12.2. The van der Waals surface area contributed by atoms with Crippen molar-refractivity contribution in [3.63, 3.8) is 0 Å². The van der Waals surface area contributed by atoms with Gasteiger partial charge in [0.2, 0.25) is 0 Å². The normalized spacial score (nSPS) is 11.7. The minimum atomic E-state index is -0.627. The summed E-state index contributed by atoms with van der Waals surface area (Å²) < 4.78 is 10.3. The van der Waals surface area contributed by atoms with Gasteiger partial charge < -0.3 is 15.2 Å². The monoisotopic (exact) mass is 235 g/mol. The molecule has 0 bridgehead atoms. The van der Waals surface area contributed by atoms with Crippen molar-refractivity contribution >= 4 is 5.78 Å². The zero-order chi connectivity index (χ0) is 12.8. The van der Waals surface area contributed by atoms with Crippen molar-refractivity contribution in [1.29, 1.82) is 0 Å². The van der Waals surface area contributed by atoms with Crippen LogP contribution in [-0.2, 0) is 0 Å². The van der Waals surface area contributed by atoms with Crippen LogP contribution in [-0.4, -0.2) is 26.0 Å². The Balaban J connectivity index is 3.18. The van der Waals surface area contributed by atoms with Crippen LogP contribution in [0.4, 0.5) is 0 Å². The predicted octanol–water partition coefficient (Wildman–Crippen LogP) is 1.79. The topological polar surface area (TPSA) is 61.6 Å². The lowest BCUT2D eigenvalue weighted by Gasteiger charge is -2.14. The van der Waals surface area contributed by atoms with Gasteiger partial charge >= 0.3 is 0 Å². The van der Waals surface area contributed by atoms with Crippen LogP contribution < -0.4 is 15.2 Å². The Kier molecular flexibility index (Phi) is 4.72. The van der Waals surface area contributed by atoms with E-state index >= 15 is 0 Å². The van der Waals surface area contributed by atoms with E-state index < -0.39 is 6.04 Å². The first-order chi connectivity index (χ1) is 8.15. The maximum Gasteiger partial charge on any atom is 0.187 e. The lowest BCUT2D eigenvalue weighted by molar-refractivity contribution is 0.0956. The van der Waals surface area contributed by atoms with Crippen LogP contribution in [0.5, 0.6) is 11.5 Å². The van der Waals surface area contributed by atoms with E-state index in [1.807, 2.05) is 0 Å². The molecule has 1 aromatic carbocycles. The number of benzene rings is 1. The van der Waals surface area contributed by atoms with Gasteiger partial charge in [0, 0.05) is 0 Å². The summed E-state index contributed by atoms with van der Waals surface area (Å²) in [6.07, 6.45) is 2.03. The van der Waals surface area contributed by atoms with Crippen LogP contribution in [0.25, 0.3) is 0 Å². The number of methoxy groups -OCH3 is 2. The summed E-state index contributed by atoms with van der Waals surface area (Å²) in [6.45, 7) is 3.57. The fraction of sp³-hybridized carbons (Fsp3) is 0.308. The first-order valence-corrected chi connectivity index (χ1v) is 5.27. The Hall–Kier alpha value is -1.81. The average Bonchev–Trinajstić information content (AvgIpc) is 2.37. The molecule has 0 spiro atoms. The van der Waals surface area contributed by atoms with Gasteiger partial charge in [-0.2, -0.15) is 0 Å². The number of nitrogens with two attached hydrogens (primary N) is 1. The Morgan fingerprint density at radius 1 is 1.41 bits per heavy atom. The molecular weight excluding hydrogens is 218 g/mol. The Bertz CT molecular complexity index is 393. The number of hydrogen-bond acceptors (Lipinski definition) is 4. The second-order valence-corrected chi connectivity index (χ2v) is 3.53. The van der Waals surface area contributed by atoms with Crippen LogP contribution >= 0.6 is 0 Å². The third-order valence-electron chi connectivity index (χ3n) is 2.43. The van der Waals surface area contributed by atoms with Gasteiger partial charge in [0.1, 0.15) is 17.1 Å². The van der Waals surface area contributed by atoms with Gasteiger partial charge in [-0.1, -0.05) is 12.1 Å². The first-order valence-electron chi connectivity index (χ1n) is 5.27. The average molecular weight is 235 g/mol. The highest BCUT2D eigenvalue weighted by Gasteiger charge is 2.22. The molecule has 4 heteroatoms. The van der Waals surface area contributed by atoms with Gasteiger partial charge in [-0.15, -0.1) is 6.58 Å². The minimum Gasteiger partial charge on any atom is -0.496 e. The summed E-state index contributed by atoms with van der Waals surface area (Å²) in [7, 11) is 3.01. The highest BCUT2D eigenvalue weighted by atomic mass is 16.5. The molecule has 4 nitrogen and oxygen atoms in total. The van der Waals surface area contributed by atoms with E-state index in [2.05, 4.69) is 6.58 Å². The summed E-state index contributed by atoms with van der Waals surface area (Å²) in [5.41, 5.74) is 6.16. The van der Waals surface area contributed by atoms with E-state index in [-0.39, 0.29) is 5.78 Å². The van der Waals surface area contributed by atoms with Crippen molar-refractivity contribution < 1.29 is 14.3 Å². The van der Waals surface area contributed by atoms with E-state index in [0.29, 0.717) is 23.5 Å². The molecule has 0 saturated carbocycles. The zero-order valence-electron chi connectivity index (χ0n) is 10.1. The van der Waals surface area contributed by atoms with Gasteiger partial charge in [0.25, 0.3) is 0 Å². The van der Waals surface area contributed by atoms with Crippen molar-refractivity contribution in [2.24, 2.45) is 5.73 Å². The highest BCUT2D eigenvalue weighted by molar-refractivity contribution is 6.04. The number of carbonyl (C=O) groups is 1. The van der Waals surface area contributed by atoms with E-state index in [4.69, 9.17) is 15.2 Å². The summed E-state index contributed by atoms with van der Waals surface area (Å²) in [4.78, 5) is 12.2. The largest absolute Gasteiger partial charge is 0.496 e. The van der Waals surface area contributed by atoms with E-state index in [1.165, 1.54) is 14.2 Å². The van der Waals surface area contributed by atoms with Gasteiger partial charge in [-0.3, -0.25) is 4.79 Å². The number of hydrogen-bond donors (Lipinski definition) is 1. The van der Waals surface area contributed by atoms with Crippen molar-refractivity contribution in [2.45, 2.75) is 12.5 Å². The van der Waals surface area contributed by atoms with Crippen LogP contribution in [0.15, 0.2) is 30.9 Å². The summed E-state index contributed by atoms with van der Waals surface area (Å²) in [5.74, 6) is 0.724. The third kappa shape index (κ3) is 2.85. The molecule has 0 aliphatic carbocycles. The molecule has 0 heterocycles. The molecule has 17 heavy (non-hydrogen) atoms. The molecule has 1 unspecified atom stereocenters. The van der Waals surface area contributed by atoms with Crippen molar-refractivity contribution in [2.75, 3.05) is 14.2 Å². The third-order valence-corrected chi connectivity index (χ3v) is 2.43. The molecule has 0 radical (unpaired) electrons. The second kappa shape index (κ2) is 6.06. The maximum absolute atomic E-state index is 12.2. The molecule has 0 aliphatic rings. The van der Waals surface area contributed by atoms with Crippen LogP contribution in [0.2, 0.25) is 0 Å². The lowest BCUT2D eigenvalue weighted by Crippen LogP contribution is -2.30. The van der Waals surface area contributed by atoms with E-state index in [0.717, 1.165) is 0 Å². The van der Waals surface area contributed by atoms with Gasteiger partial charge in [0.05, 0.1) is 20.3 Å². The fourth-order valence-corrected chi connectivity index (χ4v) is 1.57. The smallest absolute Gasteiger partial charge is 0.187 e. The Labute approximate surface area is 101 Å². The summed E-state index contributed by atoms with van der Waals surface area (Å²) in [5, 5.41) is 0. The molecule has 0 amide bonds. The van der Waals surface area contributed by atoms with Crippen LogP contribution in [0.1, 0.15) is 16.8 Å². The molecule has 1 aromatic rings. The number of Topliss-reactive ketones (excluding diaryl/α,β-unsaturated/α-hetero) is 1. The standard InChI is InChI=1S/C13H17NO3/c1-4-6-9(14)13(15)12-10(16-2)7-5-8-11(12)17-3/h4-5,7-9H,1,6,14H2,2-3H3. The molecule has 92 valence electrons. The molecule has 0 fully saturated rings. The van der Waals surface area contributed by atoms with Crippen LogP contribution in [0, 0.1) is 0 Å². The second-order valence-electron chi connectivity index (χ2n) is 3.53. The van der Waals surface area contributed by atoms with Gasteiger partial charge in [-0.05, 0) is 18.6 Å². The number of ether oxygens (including phenoxy) is 2. The molecule has 0 aliphatic heterocycles. The molecular formula is C13H17NO3. The SMILES string of the molecule is C=CCC(N)C(=O)c1c(OC)cccc1OC. The predicted molar refractivity (Wildman–Crippen MR) is 66.7 cm³/mol. The van der Waals surface area contributed by atoms with Crippen molar-refractivity contribution in [3.05, 3.63) is 36.4 Å². The zero-order valence-corrected chi connectivity index (χ0v) is 10.1. The quantitative estimate of drug-likeness (QED) is 0.603. The number of ketones is 1. The lowest BCUT2D eigenvalue weighted by atomic mass is 10.0. The summed E-state index contributed by atoms with van der Waals surface area (Å²) >= 11 is 0. The van der Waals surface area contributed by atoms with Gasteiger partial charge in [-0.25, -0.2) is 0 Å². The number of carbonyl (C=O) groups excluding carboxylic acids is 1. The molecule has 0 saturated heterocycles. The first kappa shape index (κ1) is 13.3. The Morgan fingerprint density at radius 2 is 1.94 bits per heavy atom. The van der Waals surface area contributed by atoms with E-state index in [1.54, 1.807) is 24.3 Å². The Morgan fingerprint density at radius 3 is 2.35 bits per heavy atom. The van der Waals surface area contributed by atoms with Gasteiger partial charge in [0.15, 0.2) is 5.78 Å². The van der Waals surface area contributed by atoms with Crippen molar-refractivity contribution in [3.8, 4) is 11.5 Å². The van der Waals surface area contributed by atoms with Crippen molar-refractivity contribution in [1.82, 2.24) is 0 Å². The van der Waals surface area contributed by atoms with Crippen LogP contribution in [0.3, 0.4) is 0 Å². The van der Waals surface area contributed by atoms with E-state index in [9.17, 15) is 4.79 Å². The minimum absolute atomic E-state index is 0.209. The molecule has 1 atom stereocenters. The highest BCUT2D eigenvalue weighted by Crippen LogP contribution is 2.29. The fourth-order valence-electron chi connectivity index (χ4n) is 1.57. The molecule has 0 aromatic heterocycles. The number of rotatable bonds is 6. The summed E-state index contributed by atoms with van der Waals surface area (Å²) in [6, 6.07) is 4.54.